The van der Waals surface area contributed by atoms with Crippen molar-refractivity contribution >= 4 is 17.6 Å². The Morgan fingerprint density at radius 1 is 1.08 bits per heavy atom. The Bertz CT molecular complexity index is 1210. The van der Waals surface area contributed by atoms with E-state index in [1.807, 2.05) is 18.3 Å². The van der Waals surface area contributed by atoms with Crippen LogP contribution in [0.5, 0.6) is 11.6 Å². The highest BCUT2D eigenvalue weighted by Crippen LogP contribution is 2.29. The molecule has 0 radical (unpaired) electrons. The summed E-state index contributed by atoms with van der Waals surface area (Å²) in [6.07, 6.45) is 9.60. The van der Waals surface area contributed by atoms with Gasteiger partial charge in [0.2, 0.25) is 5.88 Å². The number of piperidine rings is 1. The van der Waals surface area contributed by atoms with Crippen molar-refractivity contribution in [3.63, 3.8) is 0 Å². The quantitative estimate of drug-likeness (QED) is 0.342. The molecule has 0 saturated carbocycles. The third kappa shape index (κ3) is 5.84. The Kier molecular flexibility index (Phi) is 7.48. The zero-order valence-corrected chi connectivity index (χ0v) is 21.4. The van der Waals surface area contributed by atoms with Crippen LogP contribution in [0.4, 0.5) is 0 Å². The molecule has 36 heavy (non-hydrogen) atoms. The zero-order valence-electron chi connectivity index (χ0n) is 20.7. The minimum Gasteiger partial charge on any atom is -0.469 e. The van der Waals surface area contributed by atoms with Gasteiger partial charge < -0.3 is 14.0 Å². The molecule has 1 fully saturated rings. The number of fused-ring (bicyclic) bond motifs is 1. The standard InChI is InChI=1S/C26H31ClN6O3/c1-17-13-28-23-12-20(5-8-33(17)23)26-29-14-21(15-30-26)36-24-10-19(9-22(27)31-24)16-32-6-3-18(4-7-32)11-25(34)35-2/h9-10,13-15,18,20H,3-8,11-12,16H2,1-2H3. The van der Waals surface area contributed by atoms with Gasteiger partial charge in [-0.3, -0.25) is 9.69 Å². The number of nitrogens with zero attached hydrogens (tertiary/aromatic N) is 6. The smallest absolute Gasteiger partial charge is 0.305 e. The lowest BCUT2D eigenvalue weighted by Gasteiger charge is -2.31. The lowest BCUT2D eigenvalue weighted by atomic mass is 9.93. The summed E-state index contributed by atoms with van der Waals surface area (Å²) in [4.78, 5) is 31.9. The van der Waals surface area contributed by atoms with Crippen molar-refractivity contribution in [2.75, 3.05) is 20.2 Å². The number of imidazole rings is 1. The van der Waals surface area contributed by atoms with Gasteiger partial charge in [-0.2, -0.15) is 0 Å². The lowest BCUT2D eigenvalue weighted by molar-refractivity contribution is -0.142. The SMILES string of the molecule is COC(=O)CC1CCN(Cc2cc(Cl)nc(Oc3cnc(C4CCn5c(C)cnc5C4)nc3)c2)CC1. The molecule has 10 heteroatoms. The summed E-state index contributed by atoms with van der Waals surface area (Å²) in [5.41, 5.74) is 2.23. The number of carbonyl (C=O) groups is 1. The van der Waals surface area contributed by atoms with Crippen molar-refractivity contribution in [3.05, 3.63) is 58.8 Å². The van der Waals surface area contributed by atoms with Crippen LogP contribution < -0.4 is 4.74 Å². The highest BCUT2D eigenvalue weighted by Gasteiger charge is 2.25. The fourth-order valence-corrected chi connectivity index (χ4v) is 5.33. The highest BCUT2D eigenvalue weighted by atomic mass is 35.5. The Hall–Kier alpha value is -3.04. The minimum absolute atomic E-state index is 0.130. The van der Waals surface area contributed by atoms with E-state index in [0.29, 0.717) is 29.1 Å². The summed E-state index contributed by atoms with van der Waals surface area (Å²) in [6, 6.07) is 3.77. The van der Waals surface area contributed by atoms with Crippen molar-refractivity contribution in [1.82, 2.24) is 29.4 Å². The van der Waals surface area contributed by atoms with Crippen LogP contribution in [0.25, 0.3) is 0 Å². The van der Waals surface area contributed by atoms with Crippen molar-refractivity contribution in [1.29, 1.82) is 0 Å². The molecule has 2 aliphatic heterocycles. The van der Waals surface area contributed by atoms with Crippen molar-refractivity contribution in [3.8, 4) is 11.6 Å². The predicted molar refractivity (Wildman–Crippen MR) is 134 cm³/mol. The second kappa shape index (κ2) is 10.9. The summed E-state index contributed by atoms with van der Waals surface area (Å²) >= 11 is 6.30. The van der Waals surface area contributed by atoms with Crippen molar-refractivity contribution < 1.29 is 14.3 Å². The maximum absolute atomic E-state index is 11.5. The predicted octanol–water partition coefficient (Wildman–Crippen LogP) is 4.33. The van der Waals surface area contributed by atoms with Gasteiger partial charge in [-0.25, -0.2) is 19.9 Å². The molecule has 1 saturated heterocycles. The van der Waals surface area contributed by atoms with Gasteiger partial charge in [0.05, 0.1) is 19.5 Å². The Morgan fingerprint density at radius 2 is 1.86 bits per heavy atom. The zero-order chi connectivity index (χ0) is 25.1. The summed E-state index contributed by atoms with van der Waals surface area (Å²) in [5, 5.41) is 0.383. The third-order valence-corrected chi connectivity index (χ3v) is 7.32. The van der Waals surface area contributed by atoms with Gasteiger partial charge in [0.25, 0.3) is 0 Å². The maximum atomic E-state index is 11.5. The average Bonchev–Trinajstić information content (AvgIpc) is 3.25. The van der Waals surface area contributed by atoms with Crippen LogP contribution in [0.2, 0.25) is 5.15 Å². The molecule has 0 spiro atoms. The van der Waals surface area contributed by atoms with Gasteiger partial charge in [0.15, 0.2) is 5.75 Å². The molecular weight excluding hydrogens is 480 g/mol. The molecule has 0 aliphatic carbocycles. The molecule has 190 valence electrons. The fraction of sp³-hybridized carbons (Fsp3) is 0.500. The first-order valence-corrected chi connectivity index (χ1v) is 12.8. The number of aromatic nitrogens is 5. The van der Waals surface area contributed by atoms with E-state index in [9.17, 15) is 4.79 Å². The number of rotatable bonds is 7. The van der Waals surface area contributed by atoms with Crippen molar-refractivity contribution in [2.24, 2.45) is 5.92 Å². The van der Waals surface area contributed by atoms with Gasteiger partial charge in [-0.15, -0.1) is 0 Å². The second-order valence-corrected chi connectivity index (χ2v) is 10.1. The van der Waals surface area contributed by atoms with E-state index in [1.165, 1.54) is 12.8 Å². The summed E-state index contributed by atoms with van der Waals surface area (Å²) in [5.74, 6) is 3.35. The largest absolute Gasteiger partial charge is 0.469 e. The van der Waals surface area contributed by atoms with Crippen molar-refractivity contribution in [2.45, 2.75) is 58.0 Å². The Balaban J connectivity index is 1.18. The number of likely N-dealkylation sites (tertiary alicyclic amines) is 1. The number of halogens is 1. The number of aryl methyl sites for hydroxylation is 1. The van der Waals surface area contributed by atoms with E-state index in [-0.39, 0.29) is 11.9 Å². The first-order valence-electron chi connectivity index (χ1n) is 12.4. The molecule has 5 heterocycles. The van der Waals surface area contributed by atoms with Gasteiger partial charge in [0, 0.05) is 49.8 Å². The van der Waals surface area contributed by atoms with Crippen LogP contribution in [0.1, 0.15) is 54.5 Å². The van der Waals surface area contributed by atoms with Crippen LogP contribution in [-0.2, 0) is 29.0 Å². The maximum Gasteiger partial charge on any atom is 0.305 e. The van der Waals surface area contributed by atoms with Crippen LogP contribution in [-0.4, -0.2) is 55.6 Å². The third-order valence-electron chi connectivity index (χ3n) is 7.13. The first-order chi connectivity index (χ1) is 17.5. The number of hydrogen-bond acceptors (Lipinski definition) is 8. The summed E-state index contributed by atoms with van der Waals surface area (Å²) in [7, 11) is 1.44. The molecule has 1 unspecified atom stereocenters. The van der Waals surface area contributed by atoms with Gasteiger partial charge in [0.1, 0.15) is 16.8 Å². The first kappa shape index (κ1) is 24.6. The highest BCUT2D eigenvalue weighted by molar-refractivity contribution is 6.29. The average molecular weight is 511 g/mol. The molecule has 1 atom stereocenters. The second-order valence-electron chi connectivity index (χ2n) is 9.67. The normalized spacial score (nSPS) is 18.6. The molecule has 0 N–H and O–H groups in total. The van der Waals surface area contributed by atoms with E-state index in [4.69, 9.17) is 21.1 Å². The molecule has 2 aliphatic rings. The van der Waals surface area contributed by atoms with Crippen LogP contribution in [0.3, 0.4) is 0 Å². The summed E-state index contributed by atoms with van der Waals surface area (Å²) < 4.78 is 13.0. The number of hydrogen-bond donors (Lipinski definition) is 0. The van der Waals surface area contributed by atoms with Gasteiger partial charge >= 0.3 is 5.97 Å². The molecule has 3 aromatic rings. The molecule has 9 nitrogen and oxygen atoms in total. The topological polar surface area (TPSA) is 95.3 Å². The van der Waals surface area contributed by atoms with E-state index >= 15 is 0 Å². The Labute approximate surface area is 215 Å². The van der Waals surface area contributed by atoms with E-state index < -0.39 is 0 Å². The van der Waals surface area contributed by atoms with E-state index in [2.05, 4.69) is 36.3 Å². The van der Waals surface area contributed by atoms with Crippen LogP contribution in [0.15, 0.2) is 30.7 Å². The minimum atomic E-state index is -0.130. The lowest BCUT2D eigenvalue weighted by Crippen LogP contribution is -2.34. The molecule has 0 aromatic carbocycles. The Morgan fingerprint density at radius 3 is 2.61 bits per heavy atom. The molecule has 3 aromatic heterocycles. The van der Waals surface area contributed by atoms with Crippen LogP contribution >= 0.6 is 11.6 Å². The van der Waals surface area contributed by atoms with E-state index in [1.54, 1.807) is 12.4 Å². The van der Waals surface area contributed by atoms with Gasteiger partial charge in [-0.1, -0.05) is 11.6 Å². The monoisotopic (exact) mass is 510 g/mol. The molecule has 0 amide bonds. The number of esters is 1. The fourth-order valence-electron chi connectivity index (χ4n) is 5.11. The van der Waals surface area contributed by atoms with Crippen LogP contribution in [0, 0.1) is 12.8 Å². The molecule has 0 bridgehead atoms. The van der Waals surface area contributed by atoms with E-state index in [0.717, 1.165) is 69.1 Å². The number of carbonyl (C=O) groups excluding carboxylic acids is 1. The number of pyridine rings is 1. The number of methoxy groups -OCH3 is 1. The molecular formula is C26H31ClN6O3. The summed E-state index contributed by atoms with van der Waals surface area (Å²) in [6.45, 7) is 5.62. The molecule has 5 rings (SSSR count). The number of ether oxygens (including phenoxy) is 2. The van der Waals surface area contributed by atoms with Gasteiger partial charge in [-0.05, 0) is 56.8 Å².